The summed E-state index contributed by atoms with van der Waals surface area (Å²) in [4.78, 5) is 31.1. The zero-order chi connectivity index (χ0) is 19.0. The molecule has 2 N–H and O–H groups in total. The number of aryl methyl sites for hydroxylation is 1. The summed E-state index contributed by atoms with van der Waals surface area (Å²) >= 11 is 0. The van der Waals surface area contributed by atoms with Crippen molar-refractivity contribution in [3.8, 4) is 5.75 Å². The molecule has 6 heteroatoms. The summed E-state index contributed by atoms with van der Waals surface area (Å²) < 4.78 is 0. The van der Waals surface area contributed by atoms with Gasteiger partial charge in [0, 0.05) is 12.1 Å². The Morgan fingerprint density at radius 3 is 2.54 bits per heavy atom. The minimum Gasteiger partial charge on any atom is -0.506 e. The summed E-state index contributed by atoms with van der Waals surface area (Å²) in [5.74, 6) is -2.18. The van der Waals surface area contributed by atoms with Crippen LogP contribution in [-0.4, -0.2) is 26.9 Å². The van der Waals surface area contributed by atoms with Crippen LogP contribution in [0.3, 0.4) is 0 Å². The van der Waals surface area contributed by atoms with Crippen molar-refractivity contribution in [1.29, 1.82) is 0 Å². The monoisotopic (exact) mass is 352 g/mol. The number of aromatic nitrogens is 1. The number of carbonyl (C=O) groups is 2. The molecule has 2 heterocycles. The second kappa shape index (κ2) is 6.63. The van der Waals surface area contributed by atoms with Gasteiger partial charge < -0.3 is 10.2 Å². The van der Waals surface area contributed by atoms with E-state index in [2.05, 4.69) is 4.98 Å². The van der Waals surface area contributed by atoms with E-state index >= 15 is 0 Å². The number of amides is 1. The molecule has 1 aliphatic heterocycles. The number of nitrogens with zero attached hydrogens (tertiary/aromatic N) is 2. The number of hydrogen-bond donors (Lipinski definition) is 2. The van der Waals surface area contributed by atoms with E-state index in [1.807, 2.05) is 6.92 Å². The van der Waals surface area contributed by atoms with E-state index in [1.54, 1.807) is 50.4 Å². The Morgan fingerprint density at radius 2 is 1.92 bits per heavy atom. The number of aliphatic hydroxyl groups excluding tert-OH is 1. The van der Waals surface area contributed by atoms with Crippen LogP contribution in [0.4, 0.5) is 5.69 Å². The van der Waals surface area contributed by atoms with Gasteiger partial charge in [-0.1, -0.05) is 26.0 Å². The predicted octanol–water partition coefficient (Wildman–Crippen LogP) is 3.22. The number of hydrogen-bond acceptors (Lipinski definition) is 5. The van der Waals surface area contributed by atoms with Crippen LogP contribution in [0.25, 0.3) is 0 Å². The number of Topliss-reactive ketones (excluding diaryl/α,β-unsaturated/α-hetero) is 1. The summed E-state index contributed by atoms with van der Waals surface area (Å²) in [6.45, 7) is 5.23. The minimum absolute atomic E-state index is 0.00426. The van der Waals surface area contributed by atoms with Gasteiger partial charge >= 0.3 is 0 Å². The summed E-state index contributed by atoms with van der Waals surface area (Å²) in [6.07, 6.45) is 1.56. The van der Waals surface area contributed by atoms with Crippen molar-refractivity contribution in [2.75, 3.05) is 4.90 Å². The molecule has 0 fully saturated rings. The van der Waals surface area contributed by atoms with Gasteiger partial charge in [-0.05, 0) is 36.8 Å². The first-order chi connectivity index (χ1) is 12.3. The number of anilines is 1. The molecule has 0 spiro atoms. The Labute approximate surface area is 151 Å². The smallest absolute Gasteiger partial charge is 0.294 e. The van der Waals surface area contributed by atoms with E-state index < -0.39 is 23.6 Å². The minimum atomic E-state index is -0.897. The van der Waals surface area contributed by atoms with Crippen molar-refractivity contribution in [3.63, 3.8) is 0 Å². The maximum absolute atomic E-state index is 12.8. The molecule has 6 nitrogen and oxygen atoms in total. The fourth-order valence-electron chi connectivity index (χ4n) is 3.06. The number of phenols is 1. The molecule has 0 radical (unpaired) electrons. The molecular weight excluding hydrogens is 332 g/mol. The van der Waals surface area contributed by atoms with Crippen molar-refractivity contribution < 1.29 is 19.8 Å². The van der Waals surface area contributed by atoms with E-state index in [0.717, 1.165) is 5.56 Å². The highest BCUT2D eigenvalue weighted by Crippen LogP contribution is 2.44. The van der Waals surface area contributed by atoms with Gasteiger partial charge in [-0.25, -0.2) is 0 Å². The van der Waals surface area contributed by atoms with Gasteiger partial charge in [0.2, 0.25) is 0 Å². The Hall–Kier alpha value is -3.15. The molecule has 26 heavy (non-hydrogen) atoms. The number of aliphatic hydroxyl groups is 1. The standard InChI is InChI=1S/C20H20N2O4/c1-11(2)18(24)16-17(13-6-4-5-9-21-13)22(20(26)19(16)25)14-10-12(3)7-8-15(14)23/h4-11,17,23,25H,1-3H3. The van der Waals surface area contributed by atoms with Gasteiger partial charge in [-0.15, -0.1) is 0 Å². The molecule has 1 aromatic heterocycles. The predicted molar refractivity (Wildman–Crippen MR) is 96.8 cm³/mol. The lowest BCUT2D eigenvalue weighted by molar-refractivity contribution is -0.119. The summed E-state index contributed by atoms with van der Waals surface area (Å²) in [5, 5.41) is 20.8. The molecule has 134 valence electrons. The third kappa shape index (κ3) is 2.83. The molecule has 1 unspecified atom stereocenters. The Morgan fingerprint density at radius 1 is 1.19 bits per heavy atom. The van der Waals surface area contributed by atoms with Gasteiger partial charge in [0.1, 0.15) is 11.8 Å². The zero-order valence-corrected chi connectivity index (χ0v) is 14.8. The second-order valence-corrected chi connectivity index (χ2v) is 6.61. The molecule has 0 saturated carbocycles. The third-order valence-electron chi connectivity index (χ3n) is 4.36. The Kier molecular flexibility index (Phi) is 4.50. The topological polar surface area (TPSA) is 90.7 Å². The lowest BCUT2D eigenvalue weighted by Gasteiger charge is -2.27. The molecule has 1 aliphatic rings. The highest BCUT2D eigenvalue weighted by Gasteiger charge is 2.46. The highest BCUT2D eigenvalue weighted by atomic mass is 16.3. The summed E-state index contributed by atoms with van der Waals surface area (Å²) in [7, 11) is 0. The number of aromatic hydroxyl groups is 1. The average Bonchev–Trinajstić information content (AvgIpc) is 2.88. The van der Waals surface area contributed by atoms with Crippen molar-refractivity contribution in [2.45, 2.75) is 26.8 Å². The van der Waals surface area contributed by atoms with Crippen LogP contribution in [0.15, 0.2) is 53.9 Å². The summed E-state index contributed by atoms with van der Waals surface area (Å²) in [5.41, 5.74) is 1.50. The molecule has 1 amide bonds. The molecule has 2 aromatic rings. The van der Waals surface area contributed by atoms with E-state index in [-0.39, 0.29) is 22.8 Å². The largest absolute Gasteiger partial charge is 0.506 e. The number of phenolic OH excluding ortho intramolecular Hbond substituents is 1. The first-order valence-corrected chi connectivity index (χ1v) is 8.34. The maximum Gasteiger partial charge on any atom is 0.294 e. The number of carbonyl (C=O) groups excluding carboxylic acids is 2. The second-order valence-electron chi connectivity index (χ2n) is 6.61. The number of benzene rings is 1. The molecule has 0 aliphatic carbocycles. The lowest BCUT2D eigenvalue weighted by Crippen LogP contribution is -2.32. The first-order valence-electron chi connectivity index (χ1n) is 8.34. The van der Waals surface area contributed by atoms with E-state index in [9.17, 15) is 19.8 Å². The van der Waals surface area contributed by atoms with Crippen molar-refractivity contribution in [1.82, 2.24) is 4.98 Å². The molecule has 1 atom stereocenters. The molecule has 1 aromatic carbocycles. The fraction of sp³-hybridized carbons (Fsp3) is 0.250. The average molecular weight is 352 g/mol. The molecule has 0 saturated heterocycles. The van der Waals surface area contributed by atoms with E-state index in [0.29, 0.717) is 5.69 Å². The van der Waals surface area contributed by atoms with Crippen LogP contribution in [0.5, 0.6) is 5.75 Å². The maximum atomic E-state index is 12.8. The van der Waals surface area contributed by atoms with E-state index in [4.69, 9.17) is 0 Å². The first kappa shape index (κ1) is 17.7. The van der Waals surface area contributed by atoms with Gasteiger partial charge in [0.05, 0.1) is 17.0 Å². The molecule has 0 bridgehead atoms. The van der Waals surface area contributed by atoms with Crippen molar-refractivity contribution in [3.05, 3.63) is 65.2 Å². The number of ketones is 1. The van der Waals surface area contributed by atoms with E-state index in [1.165, 1.54) is 11.0 Å². The number of rotatable bonds is 4. The van der Waals surface area contributed by atoms with Crippen LogP contribution < -0.4 is 4.90 Å². The van der Waals surface area contributed by atoms with Gasteiger partial charge in [-0.3, -0.25) is 19.5 Å². The van der Waals surface area contributed by atoms with Gasteiger partial charge in [0.15, 0.2) is 11.5 Å². The van der Waals surface area contributed by atoms with Crippen molar-refractivity contribution >= 4 is 17.4 Å². The SMILES string of the molecule is Cc1ccc(O)c(N2C(=O)C(O)=C(C(=O)C(C)C)C2c2ccccn2)c1. The molecule has 3 rings (SSSR count). The lowest BCUT2D eigenvalue weighted by atomic mass is 9.93. The van der Waals surface area contributed by atoms with Crippen LogP contribution in [-0.2, 0) is 9.59 Å². The van der Waals surface area contributed by atoms with Crippen LogP contribution in [0.1, 0.15) is 31.1 Å². The Balaban J connectivity index is 2.23. The summed E-state index contributed by atoms with van der Waals surface area (Å²) in [6, 6.07) is 9.08. The van der Waals surface area contributed by atoms with Crippen molar-refractivity contribution in [2.24, 2.45) is 5.92 Å². The quantitative estimate of drug-likeness (QED) is 0.882. The van der Waals surface area contributed by atoms with Gasteiger partial charge in [0.25, 0.3) is 5.91 Å². The third-order valence-corrected chi connectivity index (χ3v) is 4.36. The normalized spacial score (nSPS) is 17.3. The zero-order valence-electron chi connectivity index (χ0n) is 14.8. The van der Waals surface area contributed by atoms with Gasteiger partial charge in [-0.2, -0.15) is 0 Å². The fourth-order valence-corrected chi connectivity index (χ4v) is 3.06. The molecular formula is C20H20N2O4. The highest BCUT2D eigenvalue weighted by molar-refractivity contribution is 6.17. The van der Waals surface area contributed by atoms with Crippen LogP contribution in [0, 0.1) is 12.8 Å². The number of pyridine rings is 1. The van der Waals surface area contributed by atoms with Crippen LogP contribution in [0.2, 0.25) is 0 Å². The Bertz CT molecular complexity index is 903. The van der Waals surface area contributed by atoms with Crippen LogP contribution >= 0.6 is 0 Å².